The van der Waals surface area contributed by atoms with Gasteiger partial charge in [-0.3, -0.25) is 9.52 Å². The molecule has 1 N–H and O–H groups in total. The zero-order valence-electron chi connectivity index (χ0n) is 14.4. The normalized spacial score (nSPS) is 14.4. The van der Waals surface area contributed by atoms with Gasteiger partial charge in [-0.2, -0.15) is 0 Å². The minimum Gasteiger partial charge on any atom is -0.459 e. The number of furan rings is 1. The lowest BCUT2D eigenvalue weighted by molar-refractivity contribution is 0.0958. The molecule has 7 heteroatoms. The maximum Gasteiger partial charge on any atom is 0.293 e. The van der Waals surface area contributed by atoms with Crippen LogP contribution in [0.4, 0.5) is 11.4 Å². The van der Waals surface area contributed by atoms with Crippen molar-refractivity contribution in [2.45, 2.75) is 26.7 Å². The maximum absolute atomic E-state index is 12.6. The minimum absolute atomic E-state index is 0.0523. The first-order valence-electron chi connectivity index (χ1n) is 8.34. The molecule has 0 unspecified atom stereocenters. The SMILES string of the molecule is CC(C)CS(=O)(=O)Nc1ccc2c(c1)CCCN2C(=O)c1ccco1. The molecule has 0 saturated carbocycles. The molecule has 0 fully saturated rings. The van der Waals surface area contributed by atoms with E-state index in [1.165, 1.54) is 6.26 Å². The van der Waals surface area contributed by atoms with Gasteiger partial charge >= 0.3 is 0 Å². The lowest BCUT2D eigenvalue weighted by atomic mass is 10.0. The number of anilines is 2. The largest absolute Gasteiger partial charge is 0.459 e. The van der Waals surface area contributed by atoms with Crippen LogP contribution in [0.5, 0.6) is 0 Å². The zero-order valence-corrected chi connectivity index (χ0v) is 15.2. The number of hydrogen-bond donors (Lipinski definition) is 1. The number of benzene rings is 1. The number of nitrogens with zero attached hydrogens (tertiary/aromatic N) is 1. The zero-order chi connectivity index (χ0) is 18.0. The second-order valence-electron chi connectivity index (χ2n) is 6.66. The van der Waals surface area contributed by atoms with Crippen LogP contribution in [0.3, 0.4) is 0 Å². The van der Waals surface area contributed by atoms with Crippen molar-refractivity contribution in [2.75, 3.05) is 21.9 Å². The molecule has 1 aliphatic rings. The van der Waals surface area contributed by atoms with Crippen LogP contribution in [0.15, 0.2) is 41.0 Å². The van der Waals surface area contributed by atoms with E-state index in [4.69, 9.17) is 4.42 Å². The molecule has 1 aromatic carbocycles. The van der Waals surface area contributed by atoms with Gasteiger partial charge < -0.3 is 9.32 Å². The molecule has 2 heterocycles. The second kappa shape index (κ2) is 6.92. The van der Waals surface area contributed by atoms with Crippen LogP contribution in [0, 0.1) is 5.92 Å². The molecule has 0 saturated heterocycles. The Kier molecular flexibility index (Phi) is 4.85. The average molecular weight is 362 g/mol. The molecule has 134 valence electrons. The van der Waals surface area contributed by atoms with Gasteiger partial charge in [0.2, 0.25) is 10.0 Å². The summed E-state index contributed by atoms with van der Waals surface area (Å²) in [4.78, 5) is 14.3. The molecular weight excluding hydrogens is 340 g/mol. The van der Waals surface area contributed by atoms with Crippen LogP contribution in [0.2, 0.25) is 0 Å². The summed E-state index contributed by atoms with van der Waals surface area (Å²) in [5.41, 5.74) is 2.29. The summed E-state index contributed by atoms with van der Waals surface area (Å²) < 4.78 is 32.1. The third-order valence-corrected chi connectivity index (χ3v) is 5.65. The van der Waals surface area contributed by atoms with Gasteiger partial charge in [-0.1, -0.05) is 13.8 Å². The van der Waals surface area contributed by atoms with Gasteiger partial charge in [0.25, 0.3) is 5.91 Å². The van der Waals surface area contributed by atoms with E-state index in [2.05, 4.69) is 4.72 Å². The van der Waals surface area contributed by atoms with E-state index < -0.39 is 10.0 Å². The number of carbonyl (C=O) groups excluding carboxylic acids is 1. The topological polar surface area (TPSA) is 79.6 Å². The van der Waals surface area contributed by atoms with Gasteiger partial charge in [-0.25, -0.2) is 8.42 Å². The van der Waals surface area contributed by atoms with E-state index >= 15 is 0 Å². The van der Waals surface area contributed by atoms with E-state index in [1.54, 1.807) is 29.2 Å². The predicted octanol–water partition coefficient (Wildman–Crippen LogP) is 3.27. The summed E-state index contributed by atoms with van der Waals surface area (Å²) in [5.74, 6) is 0.248. The molecule has 0 spiro atoms. The molecule has 6 nitrogen and oxygen atoms in total. The number of fused-ring (bicyclic) bond motifs is 1. The standard InChI is InChI=1S/C18H22N2O4S/c1-13(2)12-25(22,23)19-15-7-8-16-14(11-15)5-3-9-20(16)18(21)17-6-4-10-24-17/h4,6-8,10-11,13,19H,3,5,9,12H2,1-2H3. The first kappa shape index (κ1) is 17.5. The van der Waals surface area contributed by atoms with Crippen molar-refractivity contribution in [3.05, 3.63) is 47.9 Å². The van der Waals surface area contributed by atoms with Crippen molar-refractivity contribution in [1.29, 1.82) is 0 Å². The Morgan fingerprint density at radius 1 is 1.32 bits per heavy atom. The predicted molar refractivity (Wildman–Crippen MR) is 97.4 cm³/mol. The third kappa shape index (κ3) is 4.04. The monoisotopic (exact) mass is 362 g/mol. The van der Waals surface area contributed by atoms with Crippen molar-refractivity contribution in [3.8, 4) is 0 Å². The van der Waals surface area contributed by atoms with Gasteiger partial charge in [0.15, 0.2) is 5.76 Å². The van der Waals surface area contributed by atoms with E-state index in [0.29, 0.717) is 18.0 Å². The number of amides is 1. The molecule has 1 aromatic heterocycles. The highest BCUT2D eigenvalue weighted by Crippen LogP contribution is 2.31. The summed E-state index contributed by atoms with van der Waals surface area (Å²) >= 11 is 0. The van der Waals surface area contributed by atoms with Gasteiger partial charge in [-0.15, -0.1) is 0 Å². The molecule has 3 rings (SSSR count). The van der Waals surface area contributed by atoms with E-state index in [9.17, 15) is 13.2 Å². The number of aryl methyl sites for hydroxylation is 1. The molecule has 0 aliphatic carbocycles. The highest BCUT2D eigenvalue weighted by Gasteiger charge is 2.25. The lowest BCUT2D eigenvalue weighted by Crippen LogP contribution is -2.35. The minimum atomic E-state index is -3.37. The molecule has 25 heavy (non-hydrogen) atoms. The summed E-state index contributed by atoms with van der Waals surface area (Å²) in [6.45, 7) is 4.35. The van der Waals surface area contributed by atoms with Crippen molar-refractivity contribution in [1.82, 2.24) is 0 Å². The fourth-order valence-corrected chi connectivity index (χ4v) is 4.51. The summed E-state index contributed by atoms with van der Waals surface area (Å²) in [6.07, 6.45) is 3.10. The molecule has 1 amide bonds. The number of carbonyl (C=O) groups is 1. The Morgan fingerprint density at radius 2 is 2.12 bits per heavy atom. The molecule has 2 aromatic rings. The molecule has 0 atom stereocenters. The Labute approximate surface area is 147 Å². The molecule has 1 aliphatic heterocycles. The summed E-state index contributed by atoms with van der Waals surface area (Å²) in [7, 11) is -3.37. The fraction of sp³-hybridized carbons (Fsp3) is 0.389. The Bertz CT molecular complexity index is 857. The molecule has 0 bridgehead atoms. The van der Waals surface area contributed by atoms with Crippen LogP contribution < -0.4 is 9.62 Å². The smallest absolute Gasteiger partial charge is 0.293 e. The van der Waals surface area contributed by atoms with Crippen LogP contribution in [0.25, 0.3) is 0 Å². The van der Waals surface area contributed by atoms with Crippen molar-refractivity contribution >= 4 is 27.3 Å². The second-order valence-corrected chi connectivity index (χ2v) is 8.43. The molecular formula is C18H22N2O4S. The number of nitrogens with one attached hydrogen (secondary N) is 1. The van der Waals surface area contributed by atoms with Gasteiger partial charge in [0.05, 0.1) is 12.0 Å². The highest BCUT2D eigenvalue weighted by atomic mass is 32.2. The van der Waals surface area contributed by atoms with Gasteiger partial charge in [-0.05, 0) is 54.7 Å². The Balaban J connectivity index is 1.84. The Hall–Kier alpha value is -2.28. The van der Waals surface area contributed by atoms with Gasteiger partial charge in [0, 0.05) is 17.9 Å². The van der Waals surface area contributed by atoms with Crippen LogP contribution in [0.1, 0.15) is 36.4 Å². The number of rotatable bonds is 5. The van der Waals surface area contributed by atoms with Crippen LogP contribution >= 0.6 is 0 Å². The number of hydrogen-bond acceptors (Lipinski definition) is 4. The van der Waals surface area contributed by atoms with E-state index in [1.807, 2.05) is 19.9 Å². The maximum atomic E-state index is 12.6. The molecule has 0 radical (unpaired) electrons. The quantitative estimate of drug-likeness (QED) is 0.885. The highest BCUT2D eigenvalue weighted by molar-refractivity contribution is 7.92. The van der Waals surface area contributed by atoms with E-state index in [-0.39, 0.29) is 17.6 Å². The van der Waals surface area contributed by atoms with Crippen LogP contribution in [-0.2, 0) is 16.4 Å². The summed E-state index contributed by atoms with van der Waals surface area (Å²) in [5, 5.41) is 0. The van der Waals surface area contributed by atoms with Crippen molar-refractivity contribution in [2.24, 2.45) is 5.92 Å². The first-order valence-corrected chi connectivity index (χ1v) is 10.00. The summed E-state index contributed by atoms with van der Waals surface area (Å²) in [6, 6.07) is 8.64. The van der Waals surface area contributed by atoms with Crippen molar-refractivity contribution < 1.29 is 17.6 Å². The first-order chi connectivity index (χ1) is 11.9. The lowest BCUT2D eigenvalue weighted by Gasteiger charge is -2.29. The van der Waals surface area contributed by atoms with Crippen molar-refractivity contribution in [3.63, 3.8) is 0 Å². The van der Waals surface area contributed by atoms with Gasteiger partial charge in [0.1, 0.15) is 0 Å². The fourth-order valence-electron chi connectivity index (χ4n) is 3.06. The third-order valence-electron chi connectivity index (χ3n) is 4.00. The Morgan fingerprint density at radius 3 is 2.80 bits per heavy atom. The number of sulfonamides is 1. The van der Waals surface area contributed by atoms with E-state index in [0.717, 1.165) is 24.1 Å². The van der Waals surface area contributed by atoms with Crippen LogP contribution in [-0.4, -0.2) is 26.6 Å². The average Bonchev–Trinajstić information content (AvgIpc) is 3.06.